The molecule has 0 bridgehead atoms. The summed E-state index contributed by atoms with van der Waals surface area (Å²) in [6, 6.07) is 5.09. The molecule has 7 heteroatoms. The molecule has 0 aromatic carbocycles. The van der Waals surface area contributed by atoms with E-state index in [0.29, 0.717) is 17.4 Å². The molecule has 1 aliphatic heterocycles. The van der Waals surface area contributed by atoms with Gasteiger partial charge in [-0.25, -0.2) is 4.98 Å². The van der Waals surface area contributed by atoms with Crippen molar-refractivity contribution in [1.29, 1.82) is 0 Å². The Bertz CT molecular complexity index is 515. The maximum atomic E-state index is 12.1. The van der Waals surface area contributed by atoms with Gasteiger partial charge in [0.2, 0.25) is 5.91 Å². The average molecular weight is 311 g/mol. The van der Waals surface area contributed by atoms with Gasteiger partial charge in [0.1, 0.15) is 10.8 Å². The largest absolute Gasteiger partial charge is 0.358 e. The second-order valence-electron chi connectivity index (χ2n) is 5.04. The van der Waals surface area contributed by atoms with Gasteiger partial charge < -0.3 is 10.6 Å². The number of piperidine rings is 1. The number of carbonyl (C=O) groups excluding carboxylic acids is 2. The number of pyridine rings is 1. The summed E-state index contributed by atoms with van der Waals surface area (Å²) in [7, 11) is 1.63. The Morgan fingerprint density at radius 1 is 1.38 bits per heavy atom. The first-order chi connectivity index (χ1) is 10.1. The molecule has 2 amide bonds. The van der Waals surface area contributed by atoms with Crippen LogP contribution in [0.3, 0.4) is 0 Å². The van der Waals surface area contributed by atoms with Crippen molar-refractivity contribution in [2.75, 3.05) is 26.7 Å². The van der Waals surface area contributed by atoms with Gasteiger partial charge in [0.25, 0.3) is 5.91 Å². The summed E-state index contributed by atoms with van der Waals surface area (Å²) in [6.45, 7) is 2.00. The van der Waals surface area contributed by atoms with E-state index in [9.17, 15) is 9.59 Å². The van der Waals surface area contributed by atoms with E-state index in [1.807, 2.05) is 0 Å². The third-order valence-electron chi connectivity index (χ3n) is 3.52. The fourth-order valence-corrected chi connectivity index (χ4v) is 2.48. The molecule has 0 atom stereocenters. The number of halogens is 1. The van der Waals surface area contributed by atoms with E-state index in [1.165, 1.54) is 0 Å². The number of rotatable bonds is 4. The summed E-state index contributed by atoms with van der Waals surface area (Å²) in [4.78, 5) is 29.5. The highest BCUT2D eigenvalue weighted by atomic mass is 35.5. The van der Waals surface area contributed by atoms with Gasteiger partial charge >= 0.3 is 0 Å². The van der Waals surface area contributed by atoms with Crippen LogP contribution in [-0.4, -0.2) is 54.4 Å². The lowest BCUT2D eigenvalue weighted by molar-refractivity contribution is -0.122. The van der Waals surface area contributed by atoms with Crippen molar-refractivity contribution in [2.24, 2.45) is 0 Å². The molecule has 0 saturated carbocycles. The maximum absolute atomic E-state index is 12.1. The van der Waals surface area contributed by atoms with Crippen LogP contribution in [0.25, 0.3) is 0 Å². The quantitative estimate of drug-likeness (QED) is 0.802. The fourth-order valence-electron chi connectivity index (χ4n) is 2.31. The molecule has 1 aromatic rings. The SMILES string of the molecule is CNC(=O)CN1CCC(NC(=O)c2cccc(Cl)n2)CC1. The van der Waals surface area contributed by atoms with Crippen molar-refractivity contribution in [3.8, 4) is 0 Å². The zero-order valence-electron chi connectivity index (χ0n) is 11.9. The number of hydrogen-bond donors (Lipinski definition) is 2. The highest BCUT2D eigenvalue weighted by Gasteiger charge is 2.22. The lowest BCUT2D eigenvalue weighted by Gasteiger charge is -2.31. The molecule has 0 spiro atoms. The van der Waals surface area contributed by atoms with Crippen molar-refractivity contribution in [3.05, 3.63) is 29.0 Å². The number of hydrogen-bond acceptors (Lipinski definition) is 4. The van der Waals surface area contributed by atoms with Crippen molar-refractivity contribution >= 4 is 23.4 Å². The van der Waals surface area contributed by atoms with Crippen LogP contribution in [-0.2, 0) is 4.79 Å². The van der Waals surface area contributed by atoms with Gasteiger partial charge in [-0.2, -0.15) is 0 Å². The summed E-state index contributed by atoms with van der Waals surface area (Å²) >= 11 is 5.78. The first kappa shape index (κ1) is 15.7. The van der Waals surface area contributed by atoms with E-state index in [-0.39, 0.29) is 17.9 Å². The molecule has 2 heterocycles. The normalized spacial score (nSPS) is 16.5. The Morgan fingerprint density at radius 3 is 2.71 bits per heavy atom. The molecule has 6 nitrogen and oxygen atoms in total. The topological polar surface area (TPSA) is 74.3 Å². The monoisotopic (exact) mass is 310 g/mol. The molecule has 2 rings (SSSR count). The molecule has 0 unspecified atom stereocenters. The predicted molar refractivity (Wildman–Crippen MR) is 80.2 cm³/mol. The lowest BCUT2D eigenvalue weighted by Crippen LogP contribution is -2.47. The average Bonchev–Trinajstić information content (AvgIpc) is 2.49. The van der Waals surface area contributed by atoms with Crippen molar-refractivity contribution in [1.82, 2.24) is 20.5 Å². The molecule has 1 aromatic heterocycles. The zero-order valence-corrected chi connectivity index (χ0v) is 12.7. The van der Waals surface area contributed by atoms with E-state index < -0.39 is 0 Å². The van der Waals surface area contributed by atoms with Crippen LogP contribution in [0.4, 0.5) is 0 Å². The summed E-state index contributed by atoms with van der Waals surface area (Å²) in [5.74, 6) is -0.192. The van der Waals surface area contributed by atoms with Crippen LogP contribution in [0, 0.1) is 0 Å². The number of aromatic nitrogens is 1. The zero-order chi connectivity index (χ0) is 15.2. The number of likely N-dealkylation sites (N-methyl/N-ethyl adjacent to an activating group) is 1. The van der Waals surface area contributed by atoms with Gasteiger partial charge in [0, 0.05) is 26.2 Å². The van der Waals surface area contributed by atoms with Gasteiger partial charge in [-0.15, -0.1) is 0 Å². The van der Waals surface area contributed by atoms with Crippen LogP contribution in [0.5, 0.6) is 0 Å². The summed E-state index contributed by atoms with van der Waals surface area (Å²) in [5.41, 5.74) is 0.329. The second-order valence-corrected chi connectivity index (χ2v) is 5.43. The van der Waals surface area contributed by atoms with E-state index in [0.717, 1.165) is 25.9 Å². The number of nitrogens with zero attached hydrogens (tertiary/aromatic N) is 2. The summed E-state index contributed by atoms with van der Waals surface area (Å²) in [6.07, 6.45) is 1.65. The highest BCUT2D eigenvalue weighted by molar-refractivity contribution is 6.29. The van der Waals surface area contributed by atoms with Gasteiger partial charge in [-0.3, -0.25) is 14.5 Å². The first-order valence-electron chi connectivity index (χ1n) is 6.95. The minimum Gasteiger partial charge on any atom is -0.358 e. The number of likely N-dealkylation sites (tertiary alicyclic amines) is 1. The molecule has 1 saturated heterocycles. The Morgan fingerprint density at radius 2 is 2.10 bits per heavy atom. The molecule has 0 aliphatic carbocycles. The maximum Gasteiger partial charge on any atom is 0.270 e. The van der Waals surface area contributed by atoms with Gasteiger partial charge in [-0.05, 0) is 25.0 Å². The van der Waals surface area contributed by atoms with Crippen molar-refractivity contribution < 1.29 is 9.59 Å². The molecule has 114 valence electrons. The van der Waals surface area contributed by atoms with Crippen molar-refractivity contribution in [3.63, 3.8) is 0 Å². The third-order valence-corrected chi connectivity index (χ3v) is 3.73. The van der Waals surface area contributed by atoms with Gasteiger partial charge in [-0.1, -0.05) is 17.7 Å². The van der Waals surface area contributed by atoms with E-state index >= 15 is 0 Å². The first-order valence-corrected chi connectivity index (χ1v) is 7.32. The summed E-state index contributed by atoms with van der Waals surface area (Å²) < 4.78 is 0. The number of carbonyl (C=O) groups is 2. The molecule has 1 fully saturated rings. The molecular formula is C14H19ClN4O2. The minimum absolute atomic E-state index is 0.0145. The van der Waals surface area contributed by atoms with Crippen LogP contribution >= 0.6 is 11.6 Å². The van der Waals surface area contributed by atoms with Crippen LogP contribution < -0.4 is 10.6 Å². The van der Waals surface area contributed by atoms with E-state index in [4.69, 9.17) is 11.6 Å². The molecule has 0 radical (unpaired) electrons. The Kier molecular flexibility index (Phi) is 5.52. The Labute approximate surface area is 128 Å². The molecule has 1 aliphatic rings. The fraction of sp³-hybridized carbons (Fsp3) is 0.500. The Balaban J connectivity index is 1.81. The van der Waals surface area contributed by atoms with Gasteiger partial charge in [0.05, 0.1) is 6.54 Å². The lowest BCUT2D eigenvalue weighted by atomic mass is 10.0. The standard InChI is InChI=1S/C14H19ClN4O2/c1-16-13(20)9-19-7-5-10(6-8-19)17-14(21)11-3-2-4-12(15)18-11/h2-4,10H,5-9H2,1H3,(H,16,20)(H,17,21). The minimum atomic E-state index is -0.206. The predicted octanol–water partition coefficient (Wildman–Crippen LogP) is 0.675. The Hall–Kier alpha value is -1.66. The molecular weight excluding hydrogens is 292 g/mol. The summed E-state index contributed by atoms with van der Waals surface area (Å²) in [5, 5.41) is 5.88. The van der Waals surface area contributed by atoms with E-state index in [2.05, 4.69) is 20.5 Å². The van der Waals surface area contributed by atoms with Crippen LogP contribution in [0.1, 0.15) is 23.3 Å². The van der Waals surface area contributed by atoms with Crippen LogP contribution in [0.2, 0.25) is 5.15 Å². The van der Waals surface area contributed by atoms with Gasteiger partial charge in [0.15, 0.2) is 0 Å². The number of nitrogens with one attached hydrogen (secondary N) is 2. The van der Waals surface area contributed by atoms with E-state index in [1.54, 1.807) is 25.2 Å². The van der Waals surface area contributed by atoms with Crippen molar-refractivity contribution in [2.45, 2.75) is 18.9 Å². The third kappa shape index (κ3) is 4.68. The van der Waals surface area contributed by atoms with Crippen LogP contribution in [0.15, 0.2) is 18.2 Å². The number of amides is 2. The second kappa shape index (κ2) is 7.38. The molecule has 21 heavy (non-hydrogen) atoms. The molecule has 2 N–H and O–H groups in total. The highest BCUT2D eigenvalue weighted by Crippen LogP contribution is 2.11. The smallest absolute Gasteiger partial charge is 0.270 e.